The van der Waals surface area contributed by atoms with Crippen LogP contribution in [0.15, 0.2) is 42.5 Å². The molecule has 2 aromatic carbocycles. The lowest BCUT2D eigenvalue weighted by Gasteiger charge is -2.08. The van der Waals surface area contributed by atoms with Crippen LogP contribution in [0.4, 0.5) is 17.1 Å². The van der Waals surface area contributed by atoms with Crippen molar-refractivity contribution in [2.45, 2.75) is 26.7 Å². The van der Waals surface area contributed by atoms with Crippen molar-refractivity contribution in [3.63, 3.8) is 0 Å². The van der Waals surface area contributed by atoms with Gasteiger partial charge in [0.25, 0.3) is 11.6 Å². The highest BCUT2D eigenvalue weighted by Crippen LogP contribution is 2.20. The minimum Gasteiger partial charge on any atom is -0.326 e. The van der Waals surface area contributed by atoms with Crippen LogP contribution in [0.3, 0.4) is 0 Å². The summed E-state index contributed by atoms with van der Waals surface area (Å²) in [6.07, 6.45) is 1.23. The van der Waals surface area contributed by atoms with Crippen molar-refractivity contribution in [1.82, 2.24) is 0 Å². The zero-order valence-corrected chi connectivity index (χ0v) is 14.0. The Morgan fingerprint density at radius 1 is 1.04 bits per heavy atom. The zero-order valence-electron chi connectivity index (χ0n) is 14.0. The standard InChI is InChI=1S/C18H19N3O4/c1-3-4-17(22)19-14-6-8-15(9-7-14)20-18(23)13-5-10-16(21(24)25)12(2)11-13/h5-11H,3-4H2,1-2H3,(H,19,22)(H,20,23). The van der Waals surface area contributed by atoms with E-state index >= 15 is 0 Å². The van der Waals surface area contributed by atoms with E-state index < -0.39 is 4.92 Å². The summed E-state index contributed by atoms with van der Waals surface area (Å²) in [6.45, 7) is 3.51. The zero-order chi connectivity index (χ0) is 18.4. The molecule has 0 saturated carbocycles. The van der Waals surface area contributed by atoms with Gasteiger partial charge in [-0.25, -0.2) is 0 Å². The number of nitrogens with one attached hydrogen (secondary N) is 2. The van der Waals surface area contributed by atoms with E-state index in [0.717, 1.165) is 6.42 Å². The first-order chi connectivity index (χ1) is 11.9. The Bertz CT molecular complexity index is 800. The van der Waals surface area contributed by atoms with Gasteiger partial charge in [0.1, 0.15) is 0 Å². The molecular weight excluding hydrogens is 322 g/mol. The van der Waals surface area contributed by atoms with Gasteiger partial charge in [-0.3, -0.25) is 19.7 Å². The van der Waals surface area contributed by atoms with E-state index in [1.165, 1.54) is 18.2 Å². The summed E-state index contributed by atoms with van der Waals surface area (Å²) in [7, 11) is 0. The maximum atomic E-state index is 12.2. The van der Waals surface area contributed by atoms with Crippen molar-refractivity contribution in [3.05, 3.63) is 63.7 Å². The number of nitrogens with zero attached hydrogens (tertiary/aromatic N) is 1. The fraction of sp³-hybridized carbons (Fsp3) is 0.222. The summed E-state index contributed by atoms with van der Waals surface area (Å²) in [5.74, 6) is -0.415. The fourth-order valence-electron chi connectivity index (χ4n) is 2.29. The van der Waals surface area contributed by atoms with Gasteiger partial charge in [0.15, 0.2) is 0 Å². The number of rotatable bonds is 6. The normalized spacial score (nSPS) is 10.2. The maximum absolute atomic E-state index is 12.2. The number of carbonyl (C=O) groups is 2. The summed E-state index contributed by atoms with van der Waals surface area (Å²) in [6, 6.07) is 11.0. The van der Waals surface area contributed by atoms with Crippen LogP contribution in [-0.2, 0) is 4.79 Å². The van der Waals surface area contributed by atoms with Gasteiger partial charge >= 0.3 is 0 Å². The molecule has 2 aromatic rings. The van der Waals surface area contributed by atoms with Gasteiger partial charge < -0.3 is 10.6 Å². The topological polar surface area (TPSA) is 101 Å². The molecule has 0 spiro atoms. The molecule has 2 N–H and O–H groups in total. The molecule has 0 saturated heterocycles. The Hall–Kier alpha value is -3.22. The quantitative estimate of drug-likeness (QED) is 0.614. The first kappa shape index (κ1) is 18.1. The average molecular weight is 341 g/mol. The molecule has 2 rings (SSSR count). The van der Waals surface area contributed by atoms with Crippen LogP contribution in [0, 0.1) is 17.0 Å². The molecule has 0 radical (unpaired) electrons. The molecular formula is C18H19N3O4. The van der Waals surface area contributed by atoms with Crippen molar-refractivity contribution >= 4 is 28.9 Å². The van der Waals surface area contributed by atoms with Gasteiger partial charge in [0.2, 0.25) is 5.91 Å². The Labute approximate surface area is 145 Å². The SMILES string of the molecule is CCCC(=O)Nc1ccc(NC(=O)c2ccc([N+](=O)[O-])c(C)c2)cc1. The van der Waals surface area contributed by atoms with Crippen LogP contribution in [0.1, 0.15) is 35.7 Å². The first-order valence-corrected chi connectivity index (χ1v) is 7.87. The highest BCUT2D eigenvalue weighted by Gasteiger charge is 2.14. The number of carbonyl (C=O) groups excluding carboxylic acids is 2. The minimum atomic E-state index is -0.484. The van der Waals surface area contributed by atoms with E-state index in [1.54, 1.807) is 31.2 Å². The Morgan fingerprint density at radius 2 is 1.64 bits per heavy atom. The van der Waals surface area contributed by atoms with Crippen molar-refractivity contribution < 1.29 is 14.5 Å². The first-order valence-electron chi connectivity index (χ1n) is 7.87. The van der Waals surface area contributed by atoms with E-state index in [1.807, 2.05) is 6.92 Å². The molecule has 2 amide bonds. The van der Waals surface area contributed by atoms with Crippen molar-refractivity contribution in [2.75, 3.05) is 10.6 Å². The second-order valence-corrected chi connectivity index (χ2v) is 5.59. The Balaban J connectivity index is 2.04. The van der Waals surface area contributed by atoms with E-state index in [0.29, 0.717) is 28.9 Å². The van der Waals surface area contributed by atoms with E-state index in [4.69, 9.17) is 0 Å². The van der Waals surface area contributed by atoms with E-state index in [9.17, 15) is 19.7 Å². The van der Waals surface area contributed by atoms with Crippen LogP contribution in [-0.4, -0.2) is 16.7 Å². The van der Waals surface area contributed by atoms with Gasteiger partial charge in [-0.05, 0) is 49.7 Å². The molecule has 7 heteroatoms. The monoisotopic (exact) mass is 341 g/mol. The molecule has 25 heavy (non-hydrogen) atoms. The summed E-state index contributed by atoms with van der Waals surface area (Å²) in [5.41, 5.74) is 1.95. The maximum Gasteiger partial charge on any atom is 0.272 e. The van der Waals surface area contributed by atoms with Crippen molar-refractivity contribution in [2.24, 2.45) is 0 Å². The summed E-state index contributed by atoms with van der Waals surface area (Å²) in [5, 5.41) is 16.3. The third-order valence-electron chi connectivity index (χ3n) is 3.56. The smallest absolute Gasteiger partial charge is 0.272 e. The lowest BCUT2D eigenvalue weighted by atomic mass is 10.1. The number of anilines is 2. The average Bonchev–Trinajstić information content (AvgIpc) is 2.56. The Morgan fingerprint density at radius 3 is 2.16 bits per heavy atom. The lowest BCUT2D eigenvalue weighted by Crippen LogP contribution is -2.13. The molecule has 0 fully saturated rings. The summed E-state index contributed by atoms with van der Waals surface area (Å²) < 4.78 is 0. The predicted octanol–water partition coefficient (Wildman–Crippen LogP) is 3.89. The fourth-order valence-corrected chi connectivity index (χ4v) is 2.29. The van der Waals surface area contributed by atoms with E-state index in [2.05, 4.69) is 10.6 Å². The predicted molar refractivity (Wildman–Crippen MR) is 95.8 cm³/mol. The van der Waals surface area contributed by atoms with E-state index in [-0.39, 0.29) is 17.5 Å². The van der Waals surface area contributed by atoms with Crippen molar-refractivity contribution in [3.8, 4) is 0 Å². The molecule has 0 heterocycles. The second kappa shape index (κ2) is 8.05. The molecule has 0 aliphatic heterocycles. The third kappa shape index (κ3) is 4.87. The number of nitro groups is 1. The number of benzene rings is 2. The van der Waals surface area contributed by atoms with Crippen LogP contribution in [0.2, 0.25) is 0 Å². The number of amides is 2. The van der Waals surface area contributed by atoms with Crippen molar-refractivity contribution in [1.29, 1.82) is 0 Å². The molecule has 130 valence electrons. The highest BCUT2D eigenvalue weighted by molar-refractivity contribution is 6.04. The molecule has 0 aliphatic rings. The Kier molecular flexibility index (Phi) is 5.84. The summed E-state index contributed by atoms with van der Waals surface area (Å²) in [4.78, 5) is 34.1. The van der Waals surface area contributed by atoms with Crippen LogP contribution < -0.4 is 10.6 Å². The third-order valence-corrected chi connectivity index (χ3v) is 3.56. The largest absolute Gasteiger partial charge is 0.326 e. The molecule has 0 aliphatic carbocycles. The second-order valence-electron chi connectivity index (χ2n) is 5.59. The minimum absolute atomic E-state index is 0.0243. The molecule has 7 nitrogen and oxygen atoms in total. The lowest BCUT2D eigenvalue weighted by molar-refractivity contribution is -0.385. The highest BCUT2D eigenvalue weighted by atomic mass is 16.6. The van der Waals surface area contributed by atoms with Crippen LogP contribution >= 0.6 is 0 Å². The molecule has 0 aromatic heterocycles. The van der Waals surface area contributed by atoms with Gasteiger partial charge in [-0.2, -0.15) is 0 Å². The van der Waals surface area contributed by atoms with Gasteiger partial charge in [-0.15, -0.1) is 0 Å². The number of aryl methyl sites for hydroxylation is 1. The molecule has 0 atom stereocenters. The summed E-state index contributed by atoms with van der Waals surface area (Å²) >= 11 is 0. The van der Waals surface area contributed by atoms with Crippen LogP contribution in [0.5, 0.6) is 0 Å². The van der Waals surface area contributed by atoms with Crippen LogP contribution in [0.25, 0.3) is 0 Å². The van der Waals surface area contributed by atoms with Gasteiger partial charge in [-0.1, -0.05) is 6.92 Å². The van der Waals surface area contributed by atoms with Gasteiger partial charge in [0, 0.05) is 35.0 Å². The molecule has 0 bridgehead atoms. The van der Waals surface area contributed by atoms with Gasteiger partial charge in [0.05, 0.1) is 4.92 Å². The molecule has 0 unspecified atom stereocenters. The number of nitro benzene ring substituents is 1. The number of hydrogen-bond acceptors (Lipinski definition) is 4. The number of hydrogen-bond donors (Lipinski definition) is 2.